The first kappa shape index (κ1) is 15.3. The van der Waals surface area contributed by atoms with E-state index < -0.39 is 6.10 Å². The molecule has 2 aromatic rings. The van der Waals surface area contributed by atoms with Gasteiger partial charge in [0.2, 0.25) is 5.78 Å². The lowest BCUT2D eigenvalue weighted by Gasteiger charge is -2.15. The zero-order valence-corrected chi connectivity index (χ0v) is 13.1. The second-order valence-electron chi connectivity index (χ2n) is 5.44. The highest BCUT2D eigenvalue weighted by Gasteiger charge is 2.18. The Morgan fingerprint density at radius 2 is 1.76 bits per heavy atom. The van der Waals surface area contributed by atoms with Gasteiger partial charge in [-0.15, -0.1) is 0 Å². The van der Waals surface area contributed by atoms with E-state index in [4.69, 9.17) is 4.74 Å². The summed E-state index contributed by atoms with van der Waals surface area (Å²) in [6.45, 7) is 7.86. The van der Waals surface area contributed by atoms with E-state index in [0.29, 0.717) is 0 Å². The van der Waals surface area contributed by atoms with Gasteiger partial charge < -0.3 is 4.74 Å². The van der Waals surface area contributed by atoms with Crippen molar-refractivity contribution in [2.75, 3.05) is 0 Å². The van der Waals surface area contributed by atoms with E-state index in [9.17, 15) is 4.79 Å². The van der Waals surface area contributed by atoms with E-state index in [1.807, 2.05) is 56.3 Å². The first-order valence-electron chi connectivity index (χ1n) is 7.38. The number of aryl methyl sites for hydroxylation is 3. The van der Waals surface area contributed by atoms with Crippen LogP contribution in [0.1, 0.15) is 40.9 Å². The molecule has 0 aliphatic rings. The molecule has 0 saturated heterocycles. The highest BCUT2D eigenvalue weighted by molar-refractivity contribution is 6.00. The standard InChI is InChI=1S/C19H22O2/c1-5-16-8-10-17(11-9-16)21-15(4)19(20)18-12-13(2)6-7-14(18)3/h6-12,15H,5H2,1-4H3. The van der Waals surface area contributed by atoms with E-state index >= 15 is 0 Å². The van der Waals surface area contributed by atoms with Crippen LogP contribution in [0.2, 0.25) is 0 Å². The van der Waals surface area contributed by atoms with Gasteiger partial charge in [0.15, 0.2) is 6.10 Å². The van der Waals surface area contributed by atoms with Gasteiger partial charge in [-0.1, -0.05) is 36.8 Å². The predicted octanol–water partition coefficient (Wildman–Crippen LogP) is 4.52. The van der Waals surface area contributed by atoms with Gasteiger partial charge in [0.25, 0.3) is 0 Å². The maximum absolute atomic E-state index is 12.5. The monoisotopic (exact) mass is 282 g/mol. The third-order valence-corrected chi connectivity index (χ3v) is 3.67. The molecule has 0 spiro atoms. The lowest BCUT2D eigenvalue weighted by molar-refractivity contribution is 0.0817. The van der Waals surface area contributed by atoms with Crippen molar-refractivity contribution in [1.82, 2.24) is 0 Å². The topological polar surface area (TPSA) is 26.3 Å². The van der Waals surface area contributed by atoms with Crippen molar-refractivity contribution in [2.24, 2.45) is 0 Å². The van der Waals surface area contributed by atoms with Gasteiger partial charge >= 0.3 is 0 Å². The molecule has 1 atom stereocenters. The summed E-state index contributed by atoms with van der Waals surface area (Å²) in [5.41, 5.74) is 4.08. The number of hydrogen-bond donors (Lipinski definition) is 0. The van der Waals surface area contributed by atoms with Gasteiger partial charge in [0.1, 0.15) is 5.75 Å². The number of Topliss-reactive ketones (excluding diaryl/α,β-unsaturated/α-hetero) is 1. The zero-order valence-electron chi connectivity index (χ0n) is 13.1. The smallest absolute Gasteiger partial charge is 0.203 e. The summed E-state index contributed by atoms with van der Waals surface area (Å²) in [4.78, 5) is 12.5. The summed E-state index contributed by atoms with van der Waals surface area (Å²) < 4.78 is 5.78. The Kier molecular flexibility index (Phi) is 4.79. The Hall–Kier alpha value is -2.09. The third kappa shape index (κ3) is 3.72. The fourth-order valence-corrected chi connectivity index (χ4v) is 2.28. The number of benzene rings is 2. The Bertz CT molecular complexity index is 627. The van der Waals surface area contributed by atoms with E-state index in [-0.39, 0.29) is 5.78 Å². The molecule has 0 aliphatic carbocycles. The molecule has 2 aromatic carbocycles. The predicted molar refractivity (Wildman–Crippen MR) is 86.2 cm³/mol. The van der Waals surface area contributed by atoms with Gasteiger partial charge in [-0.3, -0.25) is 4.79 Å². The summed E-state index contributed by atoms with van der Waals surface area (Å²) in [7, 11) is 0. The van der Waals surface area contributed by atoms with Crippen LogP contribution in [0.15, 0.2) is 42.5 Å². The number of carbonyl (C=O) groups excluding carboxylic acids is 1. The van der Waals surface area contributed by atoms with Crippen LogP contribution in [-0.4, -0.2) is 11.9 Å². The summed E-state index contributed by atoms with van der Waals surface area (Å²) in [6, 6.07) is 13.8. The van der Waals surface area contributed by atoms with Crippen LogP contribution >= 0.6 is 0 Å². The van der Waals surface area contributed by atoms with Gasteiger partial charge in [-0.2, -0.15) is 0 Å². The summed E-state index contributed by atoms with van der Waals surface area (Å²) in [6.07, 6.45) is 0.509. The quantitative estimate of drug-likeness (QED) is 0.754. The highest BCUT2D eigenvalue weighted by Crippen LogP contribution is 2.18. The molecule has 0 amide bonds. The lowest BCUT2D eigenvalue weighted by atomic mass is 9.99. The maximum atomic E-state index is 12.5. The van der Waals surface area contributed by atoms with Crippen LogP contribution < -0.4 is 4.74 Å². The molecule has 110 valence electrons. The first-order chi connectivity index (χ1) is 10.0. The fraction of sp³-hybridized carbons (Fsp3) is 0.316. The molecule has 2 rings (SSSR count). The molecular formula is C19H22O2. The van der Waals surface area contributed by atoms with Crippen molar-refractivity contribution in [2.45, 2.75) is 40.2 Å². The number of rotatable bonds is 5. The fourth-order valence-electron chi connectivity index (χ4n) is 2.28. The second-order valence-corrected chi connectivity index (χ2v) is 5.44. The highest BCUT2D eigenvalue weighted by atomic mass is 16.5. The van der Waals surface area contributed by atoms with E-state index in [1.165, 1.54) is 5.56 Å². The van der Waals surface area contributed by atoms with E-state index in [1.54, 1.807) is 6.92 Å². The first-order valence-corrected chi connectivity index (χ1v) is 7.38. The summed E-state index contributed by atoms with van der Waals surface area (Å²) in [5.74, 6) is 0.758. The molecule has 0 saturated carbocycles. The van der Waals surface area contributed by atoms with Crippen molar-refractivity contribution in [3.05, 3.63) is 64.7 Å². The van der Waals surface area contributed by atoms with Gasteiger partial charge in [0, 0.05) is 5.56 Å². The van der Waals surface area contributed by atoms with Crippen molar-refractivity contribution in [3.8, 4) is 5.75 Å². The normalized spacial score (nSPS) is 12.0. The molecule has 0 bridgehead atoms. The number of hydrogen-bond acceptors (Lipinski definition) is 2. The SMILES string of the molecule is CCc1ccc(OC(C)C(=O)c2cc(C)ccc2C)cc1. The molecule has 0 radical (unpaired) electrons. The third-order valence-electron chi connectivity index (χ3n) is 3.67. The van der Waals surface area contributed by atoms with Crippen LogP contribution in [0.3, 0.4) is 0 Å². The molecule has 0 aliphatic heterocycles. The summed E-state index contributed by atoms with van der Waals surface area (Å²) >= 11 is 0. The Morgan fingerprint density at radius 1 is 1.10 bits per heavy atom. The minimum absolute atomic E-state index is 0.0239. The van der Waals surface area contributed by atoms with Crippen molar-refractivity contribution in [1.29, 1.82) is 0 Å². The average molecular weight is 282 g/mol. The summed E-state index contributed by atoms with van der Waals surface area (Å²) in [5, 5.41) is 0. The molecule has 0 fully saturated rings. The van der Waals surface area contributed by atoms with E-state index in [2.05, 4.69) is 6.92 Å². The number of carbonyl (C=O) groups is 1. The van der Waals surface area contributed by atoms with Crippen LogP contribution in [0.5, 0.6) is 5.75 Å². The van der Waals surface area contributed by atoms with Crippen LogP contribution in [-0.2, 0) is 6.42 Å². The molecule has 1 unspecified atom stereocenters. The van der Waals surface area contributed by atoms with E-state index in [0.717, 1.165) is 28.9 Å². The average Bonchev–Trinajstić information content (AvgIpc) is 2.49. The maximum Gasteiger partial charge on any atom is 0.203 e. The molecule has 0 N–H and O–H groups in total. The number of ketones is 1. The Morgan fingerprint density at radius 3 is 2.38 bits per heavy atom. The van der Waals surface area contributed by atoms with Gasteiger partial charge in [-0.25, -0.2) is 0 Å². The Labute approximate surface area is 126 Å². The second kappa shape index (κ2) is 6.57. The molecule has 21 heavy (non-hydrogen) atoms. The zero-order chi connectivity index (χ0) is 15.4. The minimum atomic E-state index is -0.488. The minimum Gasteiger partial charge on any atom is -0.483 e. The lowest BCUT2D eigenvalue weighted by Crippen LogP contribution is -2.24. The van der Waals surface area contributed by atoms with Crippen LogP contribution in [0.25, 0.3) is 0 Å². The molecule has 0 aromatic heterocycles. The van der Waals surface area contributed by atoms with Gasteiger partial charge in [-0.05, 0) is 56.5 Å². The van der Waals surface area contributed by atoms with Crippen LogP contribution in [0, 0.1) is 13.8 Å². The molecule has 0 heterocycles. The molecule has 2 heteroatoms. The molecule has 2 nitrogen and oxygen atoms in total. The number of ether oxygens (including phenoxy) is 1. The van der Waals surface area contributed by atoms with Crippen molar-refractivity contribution < 1.29 is 9.53 Å². The Balaban J connectivity index is 2.13. The van der Waals surface area contributed by atoms with Crippen LogP contribution in [0.4, 0.5) is 0 Å². The largest absolute Gasteiger partial charge is 0.483 e. The van der Waals surface area contributed by atoms with Gasteiger partial charge in [0.05, 0.1) is 0 Å². The molecular weight excluding hydrogens is 260 g/mol. The van der Waals surface area contributed by atoms with Crippen molar-refractivity contribution in [3.63, 3.8) is 0 Å². The van der Waals surface area contributed by atoms with Crippen molar-refractivity contribution >= 4 is 5.78 Å².